The highest BCUT2D eigenvalue weighted by Gasteiger charge is 2.33. The second kappa shape index (κ2) is 8.08. The second-order valence-electron chi connectivity index (χ2n) is 6.53. The maximum atomic E-state index is 13.4. The number of carbonyl (C=O) groups excluding carboxylic acids is 1. The maximum absolute atomic E-state index is 13.4. The van der Waals surface area contributed by atoms with Crippen LogP contribution in [0.4, 0.5) is 11.6 Å². The van der Waals surface area contributed by atoms with Gasteiger partial charge in [-0.25, -0.2) is 4.68 Å². The number of carbonyl (C=O) groups is 1. The minimum absolute atomic E-state index is 0.226. The van der Waals surface area contributed by atoms with Crippen molar-refractivity contribution >= 4 is 33.5 Å². The lowest BCUT2D eigenvalue weighted by atomic mass is 9.95. The molecule has 3 aromatic rings. The number of nitrogens with zero attached hydrogens (tertiary/aromatic N) is 3. The highest BCUT2D eigenvalue weighted by molar-refractivity contribution is 9.10. The molecule has 1 aromatic heterocycles. The van der Waals surface area contributed by atoms with Gasteiger partial charge in [-0.1, -0.05) is 40.2 Å². The zero-order chi connectivity index (χ0) is 20.4. The van der Waals surface area contributed by atoms with E-state index in [9.17, 15) is 4.79 Å². The van der Waals surface area contributed by atoms with Crippen LogP contribution in [0.5, 0.6) is 5.75 Å². The first-order chi connectivity index (χ1) is 14.1. The third-order valence-corrected chi connectivity index (χ3v) is 5.19. The van der Waals surface area contributed by atoms with E-state index in [4.69, 9.17) is 4.74 Å². The van der Waals surface area contributed by atoms with E-state index < -0.39 is 6.04 Å². The number of allylic oxidation sites excluding steroid dienone is 1. The number of fused-ring (bicyclic) bond motifs is 1. The number of nitrogens with one attached hydrogen (secondary N) is 2. The topological polar surface area (TPSA) is 81.1 Å². The lowest BCUT2D eigenvalue weighted by Crippen LogP contribution is -2.31. The Labute approximate surface area is 176 Å². The molecule has 2 aromatic carbocycles. The van der Waals surface area contributed by atoms with Crippen LogP contribution in [0.25, 0.3) is 0 Å². The molecule has 8 heteroatoms. The fraction of sp³-hybridized carbons (Fsp3) is 0.190. The van der Waals surface area contributed by atoms with Crippen molar-refractivity contribution in [2.45, 2.75) is 19.9 Å². The molecule has 1 atom stereocenters. The molecule has 0 spiro atoms. The predicted octanol–water partition coefficient (Wildman–Crippen LogP) is 4.37. The SMILES string of the molecule is CCOc1ccccc1NC(=O)C1=C(C)Nc2ncnn2C1c1ccc(Br)cc1. The molecule has 148 valence electrons. The van der Waals surface area contributed by atoms with Crippen molar-refractivity contribution in [1.29, 1.82) is 0 Å². The molecule has 0 saturated heterocycles. The molecular weight excluding hydrogens is 434 g/mol. The smallest absolute Gasteiger partial charge is 0.255 e. The highest BCUT2D eigenvalue weighted by atomic mass is 79.9. The summed E-state index contributed by atoms with van der Waals surface area (Å²) in [5, 5.41) is 10.5. The van der Waals surface area contributed by atoms with Crippen LogP contribution in [0.2, 0.25) is 0 Å². The zero-order valence-corrected chi connectivity index (χ0v) is 17.6. The van der Waals surface area contributed by atoms with Gasteiger partial charge in [0.1, 0.15) is 18.1 Å². The molecule has 7 nitrogen and oxygen atoms in total. The first-order valence-electron chi connectivity index (χ1n) is 9.24. The number of rotatable bonds is 5. The van der Waals surface area contributed by atoms with Crippen LogP contribution in [-0.4, -0.2) is 27.3 Å². The number of anilines is 2. The van der Waals surface area contributed by atoms with Gasteiger partial charge in [-0.15, -0.1) is 0 Å². The monoisotopic (exact) mass is 453 g/mol. The first-order valence-corrected chi connectivity index (χ1v) is 10.0. The second-order valence-corrected chi connectivity index (χ2v) is 7.44. The van der Waals surface area contributed by atoms with Crippen LogP contribution in [0, 0.1) is 0 Å². The predicted molar refractivity (Wildman–Crippen MR) is 115 cm³/mol. The molecule has 29 heavy (non-hydrogen) atoms. The average molecular weight is 454 g/mol. The van der Waals surface area contributed by atoms with Crippen molar-refractivity contribution in [3.05, 3.63) is 76.2 Å². The molecule has 0 aliphatic carbocycles. The Hall–Kier alpha value is -3.13. The molecule has 0 saturated carbocycles. The third kappa shape index (κ3) is 3.75. The highest BCUT2D eigenvalue weighted by Crippen LogP contribution is 2.36. The van der Waals surface area contributed by atoms with Crippen molar-refractivity contribution in [3.8, 4) is 5.75 Å². The Balaban J connectivity index is 1.74. The van der Waals surface area contributed by atoms with Gasteiger partial charge in [-0.3, -0.25) is 4.79 Å². The van der Waals surface area contributed by atoms with E-state index in [1.165, 1.54) is 6.33 Å². The third-order valence-electron chi connectivity index (χ3n) is 4.66. The minimum atomic E-state index is -0.402. The van der Waals surface area contributed by atoms with Crippen LogP contribution in [0.1, 0.15) is 25.5 Å². The van der Waals surface area contributed by atoms with E-state index in [-0.39, 0.29) is 5.91 Å². The molecule has 0 radical (unpaired) electrons. The maximum Gasteiger partial charge on any atom is 0.255 e. The number of hydrogen-bond donors (Lipinski definition) is 2. The summed E-state index contributed by atoms with van der Waals surface area (Å²) in [7, 11) is 0. The van der Waals surface area contributed by atoms with Crippen molar-refractivity contribution in [3.63, 3.8) is 0 Å². The van der Waals surface area contributed by atoms with Gasteiger partial charge in [0.2, 0.25) is 5.95 Å². The number of aromatic nitrogens is 3. The van der Waals surface area contributed by atoms with Gasteiger partial charge in [0.25, 0.3) is 5.91 Å². The van der Waals surface area contributed by atoms with Crippen LogP contribution < -0.4 is 15.4 Å². The van der Waals surface area contributed by atoms with E-state index in [2.05, 4.69) is 36.6 Å². The number of halogens is 1. The molecule has 1 unspecified atom stereocenters. The summed E-state index contributed by atoms with van der Waals surface area (Å²) in [6.45, 7) is 4.29. The van der Waals surface area contributed by atoms with E-state index in [0.717, 1.165) is 15.7 Å². The zero-order valence-electron chi connectivity index (χ0n) is 16.0. The first kappa shape index (κ1) is 19.2. The summed E-state index contributed by atoms with van der Waals surface area (Å²) in [5.74, 6) is 1.00. The molecule has 2 N–H and O–H groups in total. The van der Waals surface area contributed by atoms with E-state index in [1.54, 1.807) is 4.68 Å². The number of ether oxygens (including phenoxy) is 1. The molecule has 1 amide bonds. The van der Waals surface area contributed by atoms with E-state index in [1.807, 2.05) is 62.4 Å². The van der Waals surface area contributed by atoms with Crippen LogP contribution >= 0.6 is 15.9 Å². The molecule has 0 bridgehead atoms. The van der Waals surface area contributed by atoms with Gasteiger partial charge in [0.05, 0.1) is 17.9 Å². The van der Waals surface area contributed by atoms with E-state index in [0.29, 0.717) is 29.6 Å². The van der Waals surface area contributed by atoms with E-state index >= 15 is 0 Å². The minimum Gasteiger partial charge on any atom is -0.492 e. The van der Waals surface area contributed by atoms with Crippen molar-refractivity contribution in [1.82, 2.24) is 14.8 Å². The molecule has 1 aliphatic heterocycles. The summed E-state index contributed by atoms with van der Waals surface area (Å²) < 4.78 is 8.33. The van der Waals surface area contributed by atoms with Gasteiger partial charge in [0.15, 0.2) is 0 Å². The lowest BCUT2D eigenvalue weighted by molar-refractivity contribution is -0.113. The van der Waals surface area contributed by atoms with Crippen LogP contribution in [0.3, 0.4) is 0 Å². The van der Waals surface area contributed by atoms with Crippen molar-refractivity contribution in [2.24, 2.45) is 0 Å². The summed E-state index contributed by atoms with van der Waals surface area (Å²) >= 11 is 3.46. The van der Waals surface area contributed by atoms with Gasteiger partial charge < -0.3 is 15.4 Å². The quantitative estimate of drug-likeness (QED) is 0.599. The number of benzene rings is 2. The Kier molecular flexibility index (Phi) is 5.35. The molecule has 1 aliphatic rings. The summed E-state index contributed by atoms with van der Waals surface area (Å²) in [6, 6.07) is 14.8. The average Bonchev–Trinajstić information content (AvgIpc) is 3.17. The Morgan fingerprint density at radius 1 is 1.24 bits per heavy atom. The number of para-hydroxylation sites is 2. The largest absolute Gasteiger partial charge is 0.492 e. The molecular formula is C21H20BrN5O2. The van der Waals surface area contributed by atoms with Gasteiger partial charge in [-0.2, -0.15) is 10.1 Å². The Bertz CT molecular complexity index is 1070. The van der Waals surface area contributed by atoms with Crippen molar-refractivity contribution in [2.75, 3.05) is 17.2 Å². The standard InChI is InChI=1S/C21H20BrN5O2/c1-3-29-17-7-5-4-6-16(17)26-20(28)18-13(2)25-21-23-12-24-27(21)19(18)14-8-10-15(22)11-9-14/h4-12,19H,3H2,1-2H3,(H,26,28)(H,23,24,25). The molecule has 4 rings (SSSR count). The van der Waals surface area contributed by atoms with Crippen LogP contribution in [-0.2, 0) is 4.79 Å². The summed E-state index contributed by atoms with van der Waals surface area (Å²) in [6.07, 6.45) is 1.48. The van der Waals surface area contributed by atoms with Crippen molar-refractivity contribution < 1.29 is 9.53 Å². The fourth-order valence-electron chi connectivity index (χ4n) is 3.38. The van der Waals surface area contributed by atoms with Gasteiger partial charge >= 0.3 is 0 Å². The summed E-state index contributed by atoms with van der Waals surface area (Å²) in [5.41, 5.74) is 2.85. The molecule has 2 heterocycles. The van der Waals surface area contributed by atoms with Crippen LogP contribution in [0.15, 0.2) is 70.6 Å². The van der Waals surface area contributed by atoms with Gasteiger partial charge in [-0.05, 0) is 43.7 Å². The molecule has 0 fully saturated rings. The Morgan fingerprint density at radius 2 is 2.00 bits per heavy atom. The lowest BCUT2D eigenvalue weighted by Gasteiger charge is -2.29. The fourth-order valence-corrected chi connectivity index (χ4v) is 3.64. The number of amides is 1. The summed E-state index contributed by atoms with van der Waals surface area (Å²) in [4.78, 5) is 17.6. The Morgan fingerprint density at radius 3 is 2.76 bits per heavy atom. The number of hydrogen-bond acceptors (Lipinski definition) is 5. The normalized spacial score (nSPS) is 15.5. The van der Waals surface area contributed by atoms with Gasteiger partial charge in [0, 0.05) is 10.2 Å².